The van der Waals surface area contributed by atoms with Crippen LogP contribution in [0.5, 0.6) is 0 Å². The van der Waals surface area contributed by atoms with Crippen molar-refractivity contribution < 1.29 is 28.0 Å². The molecule has 1 heterocycles. The molecular formula is C29H57BrNO6PS. The van der Waals surface area contributed by atoms with Crippen molar-refractivity contribution in [3.63, 3.8) is 0 Å². The number of carbonyl (C=O) groups excluding carboxylic acids is 1. The predicted molar refractivity (Wildman–Crippen MR) is 168 cm³/mol. The Morgan fingerprint density at radius 3 is 2.05 bits per heavy atom. The number of thioether (sulfide) groups is 1. The van der Waals surface area contributed by atoms with Crippen LogP contribution in [0, 0.1) is 0 Å². The van der Waals surface area contributed by atoms with Crippen molar-refractivity contribution in [3.8, 4) is 0 Å². The first-order valence-corrected chi connectivity index (χ1v) is 19.2. The summed E-state index contributed by atoms with van der Waals surface area (Å²) in [6.07, 6.45) is 23.8. The van der Waals surface area contributed by atoms with E-state index < -0.39 is 13.9 Å². The Labute approximate surface area is 251 Å². The van der Waals surface area contributed by atoms with Gasteiger partial charge in [-0.1, -0.05) is 131 Å². The fourth-order valence-corrected chi connectivity index (χ4v) is 6.95. The molecule has 232 valence electrons. The van der Waals surface area contributed by atoms with Gasteiger partial charge in [-0.05, 0) is 32.1 Å². The molecule has 0 aromatic heterocycles. The number of phosphoric ester groups is 1. The van der Waals surface area contributed by atoms with Gasteiger partial charge < -0.3 is 14.9 Å². The van der Waals surface area contributed by atoms with E-state index in [1.54, 1.807) is 0 Å². The molecule has 3 atom stereocenters. The van der Waals surface area contributed by atoms with E-state index in [0.717, 1.165) is 43.9 Å². The average molecular weight is 659 g/mol. The first-order chi connectivity index (χ1) is 19.0. The normalized spacial score (nSPS) is 19.2. The summed E-state index contributed by atoms with van der Waals surface area (Å²) in [6.45, 7) is 3.65. The van der Waals surface area contributed by atoms with E-state index in [0.29, 0.717) is 19.6 Å². The molecule has 1 amide bonds. The largest absolute Gasteiger partial charge is 0.472 e. The third-order valence-electron chi connectivity index (χ3n) is 7.12. The number of hydrogen-bond acceptors (Lipinski definition) is 6. The highest BCUT2D eigenvalue weighted by molar-refractivity contribution is 9.09. The minimum absolute atomic E-state index is 0.0564. The number of rotatable bonds is 26. The van der Waals surface area contributed by atoms with E-state index in [9.17, 15) is 14.3 Å². The first kappa shape index (κ1) is 37.4. The third kappa shape index (κ3) is 22.6. The number of carbonyl (C=O) groups is 1. The van der Waals surface area contributed by atoms with Crippen molar-refractivity contribution in [1.29, 1.82) is 0 Å². The smallest absolute Gasteiger partial charge is 0.375 e. The van der Waals surface area contributed by atoms with Crippen molar-refractivity contribution in [3.05, 3.63) is 0 Å². The van der Waals surface area contributed by atoms with Gasteiger partial charge in [0.2, 0.25) is 0 Å². The highest BCUT2D eigenvalue weighted by Crippen LogP contribution is 2.44. The molecule has 1 fully saturated rings. The lowest BCUT2D eigenvalue weighted by Gasteiger charge is -2.30. The Balaban J connectivity index is 2.03. The zero-order chi connectivity index (χ0) is 28.4. The molecule has 1 aliphatic heterocycles. The van der Waals surface area contributed by atoms with Crippen LogP contribution < -0.4 is 5.32 Å². The maximum atomic E-state index is 12.5. The lowest BCUT2D eigenvalue weighted by atomic mass is 10.0. The van der Waals surface area contributed by atoms with Crippen LogP contribution in [0.3, 0.4) is 0 Å². The molecule has 1 aliphatic rings. The molecule has 0 bridgehead atoms. The minimum Gasteiger partial charge on any atom is -0.375 e. The zero-order valence-electron chi connectivity index (χ0n) is 24.6. The van der Waals surface area contributed by atoms with E-state index >= 15 is 0 Å². The van der Waals surface area contributed by atoms with Crippen LogP contribution in [-0.4, -0.2) is 53.2 Å². The van der Waals surface area contributed by atoms with Crippen LogP contribution >= 0.6 is 35.5 Å². The van der Waals surface area contributed by atoms with Crippen molar-refractivity contribution in [2.75, 3.05) is 31.7 Å². The summed E-state index contributed by atoms with van der Waals surface area (Å²) in [6, 6.07) is 0. The van der Waals surface area contributed by atoms with Gasteiger partial charge in [0.15, 0.2) is 0 Å². The molecule has 1 rings (SSSR count). The summed E-state index contributed by atoms with van der Waals surface area (Å²) in [7, 11) is -4.12. The van der Waals surface area contributed by atoms with Crippen molar-refractivity contribution in [2.45, 2.75) is 147 Å². The number of ether oxygens (including phenoxy) is 1. The van der Waals surface area contributed by atoms with Crippen molar-refractivity contribution in [1.82, 2.24) is 5.32 Å². The molecular weight excluding hydrogens is 601 g/mol. The van der Waals surface area contributed by atoms with Gasteiger partial charge in [-0.25, -0.2) is 4.57 Å². The second-order valence-electron chi connectivity index (χ2n) is 10.7. The summed E-state index contributed by atoms with van der Waals surface area (Å²) < 4.78 is 28.2. The standard InChI is InChI=1S/C29H57BrNO6PS/c1-2-3-4-5-6-7-8-9-10-11-12-13-14-15-18-23-31-29(32)39-28-21-20-24-35-27(28)26-37-38(33,34)36-25-19-16-17-22-30/h27-28H,2-26H2,1H3,(H,31,32)(H,33,34)/t27-,28-/m0/s1. The molecule has 0 aliphatic carbocycles. The average Bonchev–Trinajstić information content (AvgIpc) is 2.92. The SMILES string of the molecule is CCCCCCCCCCCCCCCCCNC(=O)S[C@H]1CCCO[C@H]1COP(=O)(O)OCCCCCBr. The molecule has 0 aromatic carbocycles. The summed E-state index contributed by atoms with van der Waals surface area (Å²) >= 11 is 4.58. The van der Waals surface area contributed by atoms with Gasteiger partial charge in [-0.15, -0.1) is 0 Å². The molecule has 39 heavy (non-hydrogen) atoms. The van der Waals surface area contributed by atoms with Gasteiger partial charge in [-0.2, -0.15) is 0 Å². The molecule has 1 unspecified atom stereocenters. The molecule has 0 spiro atoms. The van der Waals surface area contributed by atoms with Crippen LogP contribution in [-0.2, 0) is 18.3 Å². The molecule has 2 N–H and O–H groups in total. The van der Waals surface area contributed by atoms with Crippen LogP contribution in [0.25, 0.3) is 0 Å². The van der Waals surface area contributed by atoms with E-state index in [-0.39, 0.29) is 23.7 Å². The lowest BCUT2D eigenvalue weighted by Crippen LogP contribution is -2.37. The molecule has 7 nitrogen and oxygen atoms in total. The number of alkyl halides is 1. The molecule has 1 saturated heterocycles. The monoisotopic (exact) mass is 657 g/mol. The number of hydrogen-bond donors (Lipinski definition) is 2. The van der Waals surface area contributed by atoms with Crippen LogP contribution in [0.15, 0.2) is 0 Å². The second-order valence-corrected chi connectivity index (χ2v) is 14.2. The van der Waals surface area contributed by atoms with Gasteiger partial charge in [0.25, 0.3) is 5.24 Å². The minimum atomic E-state index is -4.12. The Kier molecular flexibility index (Phi) is 25.0. The Hall–Kier alpha value is 0.370. The highest BCUT2D eigenvalue weighted by Gasteiger charge is 2.32. The first-order valence-electron chi connectivity index (χ1n) is 15.7. The summed E-state index contributed by atoms with van der Waals surface area (Å²) in [5.41, 5.74) is 0. The highest BCUT2D eigenvalue weighted by atomic mass is 79.9. The Bertz CT molecular complexity index is 633. The van der Waals surface area contributed by atoms with E-state index in [1.165, 1.54) is 95.2 Å². The summed E-state index contributed by atoms with van der Waals surface area (Å²) in [5, 5.41) is 3.76. The van der Waals surface area contributed by atoms with Crippen LogP contribution in [0.1, 0.15) is 135 Å². The number of nitrogens with one attached hydrogen (secondary N) is 1. The van der Waals surface area contributed by atoms with E-state index in [1.807, 2.05) is 0 Å². The molecule has 0 saturated carbocycles. The van der Waals surface area contributed by atoms with E-state index in [2.05, 4.69) is 28.2 Å². The fourth-order valence-electron chi connectivity index (χ4n) is 4.73. The van der Waals surface area contributed by atoms with Gasteiger partial charge in [0, 0.05) is 23.7 Å². The summed E-state index contributed by atoms with van der Waals surface area (Å²) in [4.78, 5) is 22.4. The lowest BCUT2D eigenvalue weighted by molar-refractivity contribution is -0.0148. The van der Waals surface area contributed by atoms with E-state index in [4.69, 9.17) is 13.8 Å². The number of unbranched alkanes of at least 4 members (excludes halogenated alkanes) is 16. The second kappa shape index (κ2) is 26.0. The maximum absolute atomic E-state index is 12.5. The molecule has 10 heteroatoms. The van der Waals surface area contributed by atoms with Gasteiger partial charge in [-0.3, -0.25) is 13.8 Å². The molecule has 0 radical (unpaired) electrons. The number of phosphoric acid groups is 1. The predicted octanol–water partition coefficient (Wildman–Crippen LogP) is 9.55. The van der Waals surface area contributed by atoms with Crippen molar-refractivity contribution >= 4 is 40.8 Å². The van der Waals surface area contributed by atoms with Gasteiger partial charge in [0.05, 0.1) is 19.3 Å². The van der Waals surface area contributed by atoms with Crippen LogP contribution in [0.4, 0.5) is 4.79 Å². The summed E-state index contributed by atoms with van der Waals surface area (Å²) in [5.74, 6) is 0. The fraction of sp³-hybridized carbons (Fsp3) is 0.966. The van der Waals surface area contributed by atoms with Gasteiger partial charge >= 0.3 is 7.82 Å². The zero-order valence-corrected chi connectivity index (χ0v) is 27.9. The Morgan fingerprint density at radius 1 is 0.897 bits per heavy atom. The number of amides is 1. The topological polar surface area (TPSA) is 94.1 Å². The van der Waals surface area contributed by atoms with Gasteiger partial charge in [0.1, 0.15) is 0 Å². The maximum Gasteiger partial charge on any atom is 0.472 e. The quantitative estimate of drug-likeness (QED) is 0.0543. The van der Waals surface area contributed by atoms with Crippen LogP contribution in [0.2, 0.25) is 0 Å². The number of halogens is 1. The third-order valence-corrected chi connectivity index (χ3v) is 9.87. The Morgan fingerprint density at radius 2 is 1.46 bits per heavy atom. The molecule has 0 aromatic rings. The van der Waals surface area contributed by atoms with Crippen molar-refractivity contribution in [2.24, 2.45) is 0 Å².